The predicted octanol–water partition coefficient (Wildman–Crippen LogP) is -0.180. The van der Waals surface area contributed by atoms with Gasteiger partial charge in [0.25, 0.3) is 0 Å². The van der Waals surface area contributed by atoms with Gasteiger partial charge in [-0.25, -0.2) is 17.9 Å². The van der Waals surface area contributed by atoms with Gasteiger partial charge in [-0.15, -0.1) is 24.0 Å². The lowest BCUT2D eigenvalue weighted by Crippen LogP contribution is -2.12. The van der Waals surface area contributed by atoms with E-state index in [2.05, 4.69) is 5.14 Å². The largest absolute Gasteiger partial charge is 0.238 e. The highest BCUT2D eigenvalue weighted by Gasteiger charge is 1.95. The summed E-state index contributed by atoms with van der Waals surface area (Å²) in [5.74, 6) is 0. The van der Waals surface area contributed by atoms with Crippen LogP contribution in [0, 0.1) is 0 Å². The predicted molar refractivity (Wildman–Crippen MR) is 34.5 cm³/mol. The third-order valence-electron chi connectivity index (χ3n) is 0.152. The molecule has 0 amide bonds. The summed E-state index contributed by atoms with van der Waals surface area (Å²) in [5, 5.41) is 4.13. The first-order valence-electron chi connectivity index (χ1n) is 1.12. The van der Waals surface area contributed by atoms with E-state index >= 15 is 0 Å². The average molecular weight is 241 g/mol. The first-order valence-corrected chi connectivity index (χ1v) is 2.84. The zero-order valence-corrected chi connectivity index (χ0v) is 6.44. The summed E-state index contributed by atoms with van der Waals surface area (Å²) < 4.78 is 29.6. The summed E-state index contributed by atoms with van der Waals surface area (Å²) >= 11 is 0. The van der Waals surface area contributed by atoms with Gasteiger partial charge in [-0.05, 0) is 0 Å². The highest BCUT2D eigenvalue weighted by molar-refractivity contribution is 14.0. The second-order valence-electron chi connectivity index (χ2n) is 0.772. The molecule has 46 valence electrons. The van der Waals surface area contributed by atoms with E-state index in [1.807, 2.05) is 0 Å². The van der Waals surface area contributed by atoms with Gasteiger partial charge in [0.2, 0.25) is 16.0 Å². The van der Waals surface area contributed by atoms with Gasteiger partial charge in [0.1, 0.15) is 0 Å². The summed E-state index contributed by atoms with van der Waals surface area (Å²) in [6.45, 7) is 0. The summed E-state index contributed by atoms with van der Waals surface area (Å²) in [5.41, 5.74) is 0. The number of halogens is 2. The first-order chi connectivity index (χ1) is 2.56. The van der Waals surface area contributed by atoms with Gasteiger partial charge in [-0.1, -0.05) is 0 Å². The highest BCUT2D eigenvalue weighted by atomic mass is 127. The average Bonchev–Trinajstić information content (AvgIpc) is 1.35. The standard InChI is InChI=1S/CH4FNO2S.HI/c2-1-6(3,4)5;/h1H2,(H2,3,4,5);1H. The van der Waals surface area contributed by atoms with Crippen LogP contribution in [0.1, 0.15) is 0 Å². The molecule has 0 heterocycles. The van der Waals surface area contributed by atoms with Gasteiger partial charge < -0.3 is 0 Å². The summed E-state index contributed by atoms with van der Waals surface area (Å²) in [6, 6.07) is -1.48. The number of rotatable bonds is 1. The van der Waals surface area contributed by atoms with Crippen LogP contribution in [0.3, 0.4) is 0 Å². The van der Waals surface area contributed by atoms with Crippen molar-refractivity contribution in [1.82, 2.24) is 0 Å². The molecule has 0 aromatic heterocycles. The fourth-order valence-corrected chi connectivity index (χ4v) is 0. The number of nitrogens with two attached hydrogens (primary N) is 1. The minimum Gasteiger partial charge on any atom is -0.232 e. The molecule has 0 atom stereocenters. The van der Waals surface area contributed by atoms with E-state index in [9.17, 15) is 12.8 Å². The van der Waals surface area contributed by atoms with Gasteiger partial charge >= 0.3 is 0 Å². The first kappa shape index (κ1) is 10.5. The normalized spacial score (nSPS) is 10.0. The van der Waals surface area contributed by atoms with Crippen molar-refractivity contribution in [2.75, 3.05) is 6.01 Å². The second-order valence-corrected chi connectivity index (χ2v) is 2.32. The highest BCUT2D eigenvalue weighted by Crippen LogP contribution is 1.72. The molecule has 0 saturated carbocycles. The lowest BCUT2D eigenvalue weighted by molar-refractivity contribution is 0.536. The third-order valence-corrected chi connectivity index (χ3v) is 0.456. The minimum atomic E-state index is -3.83. The Morgan fingerprint density at radius 3 is 1.71 bits per heavy atom. The van der Waals surface area contributed by atoms with E-state index in [-0.39, 0.29) is 24.0 Å². The molecule has 0 rings (SSSR count). The molecule has 0 aliphatic carbocycles. The van der Waals surface area contributed by atoms with Crippen molar-refractivity contribution >= 4 is 34.0 Å². The fourth-order valence-electron chi connectivity index (χ4n) is 0. The van der Waals surface area contributed by atoms with E-state index in [1.165, 1.54) is 0 Å². The number of alkyl halides is 1. The molecular weight excluding hydrogens is 236 g/mol. The minimum absolute atomic E-state index is 0. The monoisotopic (exact) mass is 241 g/mol. The van der Waals surface area contributed by atoms with Gasteiger partial charge in [0.15, 0.2) is 0 Å². The zero-order valence-electron chi connectivity index (χ0n) is 3.30. The maximum absolute atomic E-state index is 10.8. The van der Waals surface area contributed by atoms with Crippen molar-refractivity contribution in [3.8, 4) is 0 Å². The van der Waals surface area contributed by atoms with E-state index in [1.54, 1.807) is 0 Å². The van der Waals surface area contributed by atoms with Crippen LogP contribution in [-0.2, 0) is 10.0 Å². The Bertz CT molecular complexity index is 120. The Morgan fingerprint density at radius 1 is 1.57 bits per heavy atom. The van der Waals surface area contributed by atoms with Gasteiger partial charge in [-0.3, -0.25) is 0 Å². The smallest absolute Gasteiger partial charge is 0.232 e. The Balaban J connectivity index is 0. The van der Waals surface area contributed by atoms with Crippen molar-refractivity contribution in [3.63, 3.8) is 0 Å². The summed E-state index contributed by atoms with van der Waals surface area (Å²) in [7, 11) is -3.83. The molecule has 6 heteroatoms. The van der Waals surface area contributed by atoms with Crippen molar-refractivity contribution in [3.05, 3.63) is 0 Å². The Kier molecular flexibility index (Phi) is 5.35. The molecule has 0 spiro atoms. The Hall–Kier alpha value is 0.570. The lowest BCUT2D eigenvalue weighted by Gasteiger charge is -1.78. The molecule has 0 aromatic carbocycles. The van der Waals surface area contributed by atoms with Crippen molar-refractivity contribution in [2.24, 2.45) is 5.14 Å². The van der Waals surface area contributed by atoms with E-state index in [0.717, 1.165) is 0 Å². The van der Waals surface area contributed by atoms with Crippen molar-refractivity contribution < 1.29 is 12.8 Å². The maximum atomic E-state index is 10.8. The van der Waals surface area contributed by atoms with E-state index in [0.29, 0.717) is 0 Å². The van der Waals surface area contributed by atoms with Crippen molar-refractivity contribution in [1.29, 1.82) is 0 Å². The maximum Gasteiger partial charge on any atom is 0.238 e. The van der Waals surface area contributed by atoms with Crippen LogP contribution in [0.15, 0.2) is 0 Å². The number of hydrogen-bond donors (Lipinski definition) is 1. The second kappa shape index (κ2) is 3.56. The van der Waals surface area contributed by atoms with E-state index in [4.69, 9.17) is 0 Å². The molecular formula is CH5FINO2S. The lowest BCUT2D eigenvalue weighted by atomic mass is 11.8. The molecule has 0 fully saturated rings. The molecule has 0 unspecified atom stereocenters. The summed E-state index contributed by atoms with van der Waals surface area (Å²) in [6.07, 6.45) is 0. The van der Waals surface area contributed by atoms with Gasteiger partial charge in [-0.2, -0.15) is 0 Å². The van der Waals surface area contributed by atoms with Crippen LogP contribution in [0.25, 0.3) is 0 Å². The molecule has 0 aliphatic heterocycles. The van der Waals surface area contributed by atoms with Crippen LogP contribution in [-0.4, -0.2) is 14.4 Å². The van der Waals surface area contributed by atoms with Gasteiger partial charge in [0, 0.05) is 0 Å². The van der Waals surface area contributed by atoms with Crippen LogP contribution in [0.4, 0.5) is 4.39 Å². The molecule has 0 bridgehead atoms. The molecule has 0 aliphatic rings. The number of primary sulfonamides is 1. The molecule has 0 radical (unpaired) electrons. The molecule has 7 heavy (non-hydrogen) atoms. The SMILES string of the molecule is I.NS(=O)(=O)CF. The Labute approximate surface area is 58.1 Å². The van der Waals surface area contributed by atoms with Crippen molar-refractivity contribution in [2.45, 2.75) is 0 Å². The van der Waals surface area contributed by atoms with Gasteiger partial charge in [0.05, 0.1) is 0 Å². The third kappa shape index (κ3) is 10.8. The number of hydrogen-bond acceptors (Lipinski definition) is 2. The van der Waals surface area contributed by atoms with E-state index < -0.39 is 16.0 Å². The van der Waals surface area contributed by atoms with Crippen LogP contribution in [0.5, 0.6) is 0 Å². The van der Waals surface area contributed by atoms with Crippen LogP contribution >= 0.6 is 24.0 Å². The molecule has 2 N–H and O–H groups in total. The summed E-state index contributed by atoms with van der Waals surface area (Å²) in [4.78, 5) is 0. The molecule has 3 nitrogen and oxygen atoms in total. The quantitative estimate of drug-likeness (QED) is 0.647. The molecule has 0 aromatic rings. The Morgan fingerprint density at radius 2 is 1.71 bits per heavy atom. The topological polar surface area (TPSA) is 60.2 Å². The van der Waals surface area contributed by atoms with Crippen LogP contribution < -0.4 is 5.14 Å². The number of sulfonamides is 1. The molecule has 0 saturated heterocycles. The zero-order chi connectivity index (χ0) is 5.21. The van der Waals surface area contributed by atoms with Crippen LogP contribution in [0.2, 0.25) is 0 Å². The fraction of sp³-hybridized carbons (Fsp3) is 1.00.